The van der Waals surface area contributed by atoms with Gasteiger partial charge in [0.25, 0.3) is 5.91 Å². The third-order valence-electron chi connectivity index (χ3n) is 5.23. The molecule has 1 aliphatic heterocycles. The van der Waals surface area contributed by atoms with Crippen molar-refractivity contribution in [2.75, 3.05) is 19.0 Å². The molecule has 0 bridgehead atoms. The first-order chi connectivity index (χ1) is 15.4. The minimum Gasteiger partial charge on any atom is -0.485 e. The first kappa shape index (κ1) is 22.1. The summed E-state index contributed by atoms with van der Waals surface area (Å²) in [4.78, 5) is 14.9. The largest absolute Gasteiger partial charge is 0.485 e. The van der Waals surface area contributed by atoms with Crippen LogP contribution in [0.15, 0.2) is 77.7 Å². The number of ether oxygens (including phenoxy) is 1. The maximum absolute atomic E-state index is 12.3. The Morgan fingerprint density at radius 2 is 1.69 bits per heavy atom. The number of thiocarbonyl (C=S) groups is 1. The van der Waals surface area contributed by atoms with Gasteiger partial charge in [0.2, 0.25) is 0 Å². The zero-order valence-corrected chi connectivity index (χ0v) is 19.8. The highest BCUT2D eigenvalue weighted by Gasteiger charge is 2.23. The van der Waals surface area contributed by atoms with Gasteiger partial charge in [-0.2, -0.15) is 0 Å². The molecule has 1 amide bonds. The summed E-state index contributed by atoms with van der Waals surface area (Å²) >= 11 is 6.42. The minimum absolute atomic E-state index is 0.135. The van der Waals surface area contributed by atoms with E-state index in [-0.39, 0.29) is 12.0 Å². The van der Waals surface area contributed by atoms with Crippen LogP contribution in [0.4, 0.5) is 5.69 Å². The molecule has 0 aromatic heterocycles. The molecule has 0 saturated carbocycles. The second-order valence-corrected chi connectivity index (χ2v) is 9.44. The molecule has 4 rings (SSSR count). The Morgan fingerprint density at radius 3 is 2.31 bits per heavy atom. The topological polar surface area (TPSA) is 41.6 Å². The second-order valence-electron chi connectivity index (χ2n) is 7.72. The van der Waals surface area contributed by atoms with Crippen LogP contribution < -0.4 is 15.0 Å². The van der Waals surface area contributed by atoms with Gasteiger partial charge in [-0.05, 0) is 54.0 Å². The van der Waals surface area contributed by atoms with Gasteiger partial charge >= 0.3 is 0 Å². The Hall–Kier alpha value is -3.09. The highest BCUT2D eigenvalue weighted by molar-refractivity contribution is 8.26. The Morgan fingerprint density at radius 1 is 1.00 bits per heavy atom. The number of anilines is 1. The van der Waals surface area contributed by atoms with E-state index in [2.05, 4.69) is 40.5 Å². The fourth-order valence-corrected chi connectivity index (χ4v) is 4.48. The van der Waals surface area contributed by atoms with Gasteiger partial charge in [-0.3, -0.25) is 4.79 Å². The molecule has 1 N–H and O–H groups in total. The maximum atomic E-state index is 12.3. The predicted octanol–water partition coefficient (Wildman–Crippen LogP) is 6.05. The van der Waals surface area contributed by atoms with Crippen molar-refractivity contribution in [2.45, 2.75) is 13.0 Å². The smallest absolute Gasteiger partial charge is 0.263 e. The van der Waals surface area contributed by atoms with Crippen molar-refractivity contribution in [3.8, 4) is 16.9 Å². The number of benzene rings is 3. The van der Waals surface area contributed by atoms with Crippen LogP contribution in [0, 0.1) is 0 Å². The Bertz CT molecular complexity index is 1170. The van der Waals surface area contributed by atoms with Gasteiger partial charge in [-0.25, -0.2) is 0 Å². The summed E-state index contributed by atoms with van der Waals surface area (Å²) in [7, 11) is 4.04. The van der Waals surface area contributed by atoms with E-state index in [0.29, 0.717) is 15.0 Å². The molecular formula is C26H24N2O2S2. The molecule has 32 heavy (non-hydrogen) atoms. The molecule has 1 heterocycles. The summed E-state index contributed by atoms with van der Waals surface area (Å²) in [6, 6.07) is 24.5. The van der Waals surface area contributed by atoms with Crippen LogP contribution in [0.5, 0.6) is 5.75 Å². The number of nitrogens with one attached hydrogen (secondary N) is 1. The average Bonchev–Trinajstić information content (AvgIpc) is 3.12. The van der Waals surface area contributed by atoms with E-state index in [1.54, 1.807) is 0 Å². The molecular weight excluding hydrogens is 436 g/mol. The fourth-order valence-electron chi connectivity index (χ4n) is 3.44. The number of thioether (sulfide) groups is 1. The van der Waals surface area contributed by atoms with Crippen molar-refractivity contribution in [1.29, 1.82) is 0 Å². The standard InChI is InChI=1S/C26H24N2O2S2/c1-17(18-7-5-4-6-8-18)30-23-14-11-20(19-9-12-22(13-10-19)28(2)3)15-21(23)16-24-25(29)27-26(31)32-24/h4-17H,1-3H3,(H,27,29,31). The van der Waals surface area contributed by atoms with Gasteiger partial charge in [0.15, 0.2) is 0 Å². The molecule has 1 atom stereocenters. The molecule has 1 unspecified atom stereocenters. The van der Waals surface area contributed by atoms with Crippen molar-refractivity contribution in [2.24, 2.45) is 0 Å². The van der Waals surface area contributed by atoms with E-state index >= 15 is 0 Å². The molecule has 0 aliphatic carbocycles. The minimum atomic E-state index is -0.178. The van der Waals surface area contributed by atoms with Gasteiger partial charge in [0, 0.05) is 25.3 Å². The number of hydrogen-bond donors (Lipinski definition) is 1. The Labute approximate surface area is 198 Å². The number of carbonyl (C=O) groups excluding carboxylic acids is 1. The van der Waals surface area contributed by atoms with E-state index in [4.69, 9.17) is 17.0 Å². The monoisotopic (exact) mass is 460 g/mol. The third-order valence-corrected chi connectivity index (χ3v) is 6.39. The quantitative estimate of drug-likeness (QED) is 0.358. The summed E-state index contributed by atoms with van der Waals surface area (Å²) in [6.45, 7) is 2.02. The molecule has 3 aromatic carbocycles. The summed E-state index contributed by atoms with van der Waals surface area (Å²) < 4.78 is 6.79. The maximum Gasteiger partial charge on any atom is 0.263 e. The van der Waals surface area contributed by atoms with Crippen LogP contribution >= 0.6 is 24.0 Å². The zero-order valence-electron chi connectivity index (χ0n) is 18.2. The number of hydrogen-bond acceptors (Lipinski definition) is 5. The van der Waals surface area contributed by atoms with Gasteiger partial charge in [0.05, 0.1) is 4.91 Å². The van der Waals surface area contributed by atoms with Crippen LogP contribution in [-0.4, -0.2) is 24.3 Å². The van der Waals surface area contributed by atoms with Gasteiger partial charge < -0.3 is 15.0 Å². The van der Waals surface area contributed by atoms with E-state index in [9.17, 15) is 4.79 Å². The van der Waals surface area contributed by atoms with Crippen LogP contribution in [0.3, 0.4) is 0 Å². The number of amides is 1. The Balaban J connectivity index is 1.71. The molecule has 162 valence electrons. The third kappa shape index (κ3) is 5.03. The number of nitrogens with zero attached hydrogens (tertiary/aromatic N) is 1. The number of rotatable bonds is 6. The average molecular weight is 461 g/mol. The number of carbonyl (C=O) groups is 1. The van der Waals surface area contributed by atoms with Gasteiger partial charge in [-0.1, -0.05) is 72.5 Å². The van der Waals surface area contributed by atoms with Crippen molar-refractivity contribution >= 4 is 46.0 Å². The summed E-state index contributed by atoms with van der Waals surface area (Å²) in [5.41, 5.74) is 5.21. The summed E-state index contributed by atoms with van der Waals surface area (Å²) in [6.07, 6.45) is 1.72. The van der Waals surface area contributed by atoms with Crippen molar-refractivity contribution in [3.05, 3.63) is 88.8 Å². The lowest BCUT2D eigenvalue weighted by atomic mass is 10.0. The SMILES string of the molecule is CC(Oc1ccc(-c2ccc(N(C)C)cc2)cc1C=C1SC(=S)NC1=O)c1ccccc1. The fraction of sp³-hybridized carbons (Fsp3) is 0.154. The lowest BCUT2D eigenvalue weighted by molar-refractivity contribution is -0.115. The molecule has 3 aromatic rings. The van der Waals surface area contributed by atoms with Crippen LogP contribution in [-0.2, 0) is 4.79 Å². The van der Waals surface area contributed by atoms with Crippen molar-refractivity contribution in [3.63, 3.8) is 0 Å². The normalized spacial score (nSPS) is 15.5. The van der Waals surface area contributed by atoms with E-state index in [1.807, 2.05) is 69.6 Å². The van der Waals surface area contributed by atoms with Gasteiger partial charge in [0.1, 0.15) is 16.2 Å². The van der Waals surface area contributed by atoms with Crippen LogP contribution in [0.1, 0.15) is 24.2 Å². The lowest BCUT2D eigenvalue weighted by Gasteiger charge is -2.18. The first-order valence-electron chi connectivity index (χ1n) is 10.3. The van der Waals surface area contributed by atoms with Crippen molar-refractivity contribution in [1.82, 2.24) is 5.32 Å². The molecule has 0 spiro atoms. The molecule has 1 saturated heterocycles. The van der Waals surface area contributed by atoms with Crippen LogP contribution in [0.2, 0.25) is 0 Å². The molecule has 1 aliphatic rings. The highest BCUT2D eigenvalue weighted by Crippen LogP contribution is 2.34. The highest BCUT2D eigenvalue weighted by atomic mass is 32.2. The van der Waals surface area contributed by atoms with E-state index in [1.165, 1.54) is 11.8 Å². The summed E-state index contributed by atoms with van der Waals surface area (Å²) in [5, 5.41) is 2.68. The Kier molecular flexibility index (Phi) is 6.63. The predicted molar refractivity (Wildman–Crippen MR) is 138 cm³/mol. The molecule has 4 nitrogen and oxygen atoms in total. The van der Waals surface area contributed by atoms with Crippen molar-refractivity contribution < 1.29 is 9.53 Å². The van der Waals surface area contributed by atoms with Gasteiger partial charge in [-0.15, -0.1) is 0 Å². The second kappa shape index (κ2) is 9.59. The summed E-state index contributed by atoms with van der Waals surface area (Å²) in [5.74, 6) is 0.538. The van der Waals surface area contributed by atoms with E-state index in [0.717, 1.165) is 27.9 Å². The first-order valence-corrected chi connectivity index (χ1v) is 11.5. The molecule has 0 radical (unpaired) electrons. The molecule has 6 heteroatoms. The van der Waals surface area contributed by atoms with E-state index < -0.39 is 0 Å². The zero-order chi connectivity index (χ0) is 22.7. The molecule has 1 fully saturated rings. The van der Waals surface area contributed by atoms with Crippen LogP contribution in [0.25, 0.3) is 17.2 Å². The lowest BCUT2D eigenvalue weighted by Crippen LogP contribution is -2.17.